The number of carbonyl (C=O) groups excluding carboxylic acids is 2. The number of likely N-dealkylation sites (tertiary alicyclic amines) is 1. The van der Waals surface area contributed by atoms with Crippen molar-refractivity contribution in [2.45, 2.75) is 45.6 Å². The van der Waals surface area contributed by atoms with Crippen molar-refractivity contribution < 1.29 is 14.3 Å². The smallest absolute Gasteiger partial charge is 0.338 e. The van der Waals surface area contributed by atoms with Crippen LogP contribution in [-0.4, -0.2) is 60.6 Å². The van der Waals surface area contributed by atoms with Crippen LogP contribution in [-0.2, 0) is 4.74 Å². The molecule has 0 aliphatic carbocycles. The van der Waals surface area contributed by atoms with Crippen LogP contribution in [0.25, 0.3) is 0 Å². The topological polar surface area (TPSA) is 66.0 Å². The molecule has 0 spiro atoms. The molecule has 1 amide bonds. The second-order valence-electron chi connectivity index (χ2n) is 9.54. The van der Waals surface area contributed by atoms with Crippen LogP contribution < -0.4 is 9.80 Å². The maximum atomic E-state index is 13.0. The maximum Gasteiger partial charge on any atom is 0.338 e. The average molecular weight is 437 g/mol. The van der Waals surface area contributed by atoms with Crippen molar-refractivity contribution in [1.29, 1.82) is 0 Å². The van der Waals surface area contributed by atoms with E-state index in [1.165, 1.54) is 6.42 Å². The molecule has 0 saturated carbocycles. The van der Waals surface area contributed by atoms with E-state index in [2.05, 4.69) is 9.80 Å². The highest BCUT2D eigenvalue weighted by Gasteiger charge is 2.26. The molecule has 0 bridgehead atoms. The molecule has 1 aromatic heterocycles. The van der Waals surface area contributed by atoms with E-state index in [9.17, 15) is 9.59 Å². The molecule has 3 heterocycles. The fourth-order valence-corrected chi connectivity index (χ4v) is 4.17. The zero-order chi connectivity index (χ0) is 22.9. The Bertz CT molecular complexity index is 991. The zero-order valence-corrected chi connectivity index (χ0v) is 19.4. The number of benzene rings is 1. The number of esters is 1. The number of amides is 1. The molecule has 0 unspecified atom stereocenters. The first-order valence-electron chi connectivity index (χ1n) is 11.3. The highest BCUT2D eigenvalue weighted by Crippen LogP contribution is 2.36. The van der Waals surface area contributed by atoms with E-state index < -0.39 is 5.60 Å². The molecule has 32 heavy (non-hydrogen) atoms. The third-order valence-corrected chi connectivity index (χ3v) is 5.88. The number of rotatable bonds is 3. The summed E-state index contributed by atoms with van der Waals surface area (Å²) in [6, 6.07) is 9.37. The Kier molecular flexibility index (Phi) is 6.09. The lowest BCUT2D eigenvalue weighted by molar-refractivity contribution is 0.00694. The minimum absolute atomic E-state index is 0.0623. The van der Waals surface area contributed by atoms with Gasteiger partial charge in [0.1, 0.15) is 5.60 Å². The third-order valence-electron chi connectivity index (χ3n) is 5.88. The summed E-state index contributed by atoms with van der Waals surface area (Å²) < 4.78 is 5.46. The second kappa shape index (κ2) is 8.81. The number of likely N-dealkylation sites (N-methyl/N-ethyl adjacent to an activating group) is 1. The first-order valence-corrected chi connectivity index (χ1v) is 11.3. The van der Waals surface area contributed by atoms with Crippen molar-refractivity contribution in [2.75, 3.05) is 43.0 Å². The van der Waals surface area contributed by atoms with Crippen LogP contribution in [0.5, 0.6) is 0 Å². The third kappa shape index (κ3) is 4.71. The number of hydrogen-bond donors (Lipinski definition) is 0. The normalized spacial score (nSPS) is 16.6. The van der Waals surface area contributed by atoms with Gasteiger partial charge in [-0.25, -0.2) is 9.78 Å². The van der Waals surface area contributed by atoms with Gasteiger partial charge in [-0.05, 0) is 70.4 Å². The van der Waals surface area contributed by atoms with E-state index in [0.717, 1.165) is 56.2 Å². The number of ether oxygens (including phenoxy) is 1. The van der Waals surface area contributed by atoms with Gasteiger partial charge < -0.3 is 19.4 Å². The minimum Gasteiger partial charge on any atom is -0.456 e. The Morgan fingerprint density at radius 1 is 0.938 bits per heavy atom. The van der Waals surface area contributed by atoms with Gasteiger partial charge in [0.2, 0.25) is 0 Å². The van der Waals surface area contributed by atoms with E-state index in [1.807, 2.05) is 50.9 Å². The largest absolute Gasteiger partial charge is 0.456 e. The summed E-state index contributed by atoms with van der Waals surface area (Å²) in [5.74, 6) is 0.549. The summed E-state index contributed by atoms with van der Waals surface area (Å²) in [4.78, 5) is 36.2. The lowest BCUT2D eigenvalue weighted by Gasteiger charge is -2.36. The molecule has 170 valence electrons. The van der Waals surface area contributed by atoms with Crippen LogP contribution in [0.4, 0.5) is 17.2 Å². The monoisotopic (exact) mass is 436 g/mol. The van der Waals surface area contributed by atoms with Crippen molar-refractivity contribution >= 4 is 29.1 Å². The summed E-state index contributed by atoms with van der Waals surface area (Å²) in [7, 11) is 2.03. The van der Waals surface area contributed by atoms with E-state index >= 15 is 0 Å². The molecular weight excluding hydrogens is 404 g/mol. The zero-order valence-electron chi connectivity index (χ0n) is 19.4. The average Bonchev–Trinajstić information content (AvgIpc) is 2.78. The Morgan fingerprint density at radius 2 is 1.62 bits per heavy atom. The van der Waals surface area contributed by atoms with Gasteiger partial charge in [-0.1, -0.05) is 0 Å². The summed E-state index contributed by atoms with van der Waals surface area (Å²) in [6.45, 7) is 8.79. The van der Waals surface area contributed by atoms with Crippen LogP contribution in [0.1, 0.15) is 60.7 Å². The fraction of sp³-hybridized carbons (Fsp3) is 0.480. The molecule has 1 saturated heterocycles. The van der Waals surface area contributed by atoms with Gasteiger partial charge in [0.05, 0.1) is 16.8 Å². The van der Waals surface area contributed by atoms with Crippen LogP contribution in [0, 0.1) is 0 Å². The second-order valence-corrected chi connectivity index (χ2v) is 9.54. The number of anilines is 3. The molecule has 2 aliphatic heterocycles. The SMILES string of the molecule is CN1CCN(c2ccc(C(=O)OC(C)(C)C)cc2)c2ncc(C(=O)N3CCCCC3)cc21. The molecule has 7 heteroatoms. The van der Waals surface area contributed by atoms with Crippen molar-refractivity contribution in [3.63, 3.8) is 0 Å². The van der Waals surface area contributed by atoms with E-state index in [1.54, 1.807) is 18.3 Å². The van der Waals surface area contributed by atoms with Gasteiger partial charge in [0.25, 0.3) is 5.91 Å². The molecule has 2 aliphatic rings. The number of pyridine rings is 1. The fourth-order valence-electron chi connectivity index (χ4n) is 4.17. The molecule has 7 nitrogen and oxygen atoms in total. The van der Waals surface area contributed by atoms with Crippen LogP contribution in [0.15, 0.2) is 36.5 Å². The summed E-state index contributed by atoms with van der Waals surface area (Å²) in [6.07, 6.45) is 5.02. The predicted molar refractivity (Wildman–Crippen MR) is 126 cm³/mol. The first-order chi connectivity index (χ1) is 15.2. The standard InChI is InChI=1S/C25H32N4O3/c1-25(2,3)32-24(31)18-8-10-20(11-9-18)29-15-14-27(4)21-16-19(17-26-22(21)29)23(30)28-12-6-5-7-13-28/h8-11,16-17H,5-7,12-15H2,1-4H3. The number of carbonyl (C=O) groups is 2. The number of piperidine rings is 1. The van der Waals surface area contributed by atoms with E-state index in [4.69, 9.17) is 9.72 Å². The molecule has 4 rings (SSSR count). The molecule has 0 radical (unpaired) electrons. The lowest BCUT2D eigenvalue weighted by Crippen LogP contribution is -2.38. The first kappa shape index (κ1) is 22.1. The van der Waals surface area contributed by atoms with Crippen LogP contribution in [0.2, 0.25) is 0 Å². The number of hydrogen-bond acceptors (Lipinski definition) is 6. The van der Waals surface area contributed by atoms with Crippen LogP contribution in [0.3, 0.4) is 0 Å². The van der Waals surface area contributed by atoms with E-state index in [0.29, 0.717) is 11.1 Å². The van der Waals surface area contributed by atoms with Crippen molar-refractivity contribution in [3.8, 4) is 0 Å². The molecular formula is C25H32N4O3. The highest BCUT2D eigenvalue weighted by molar-refractivity contribution is 5.96. The summed E-state index contributed by atoms with van der Waals surface area (Å²) in [5.41, 5.74) is 2.53. The summed E-state index contributed by atoms with van der Waals surface area (Å²) >= 11 is 0. The molecule has 2 aromatic rings. The molecule has 0 N–H and O–H groups in total. The predicted octanol–water partition coefficient (Wildman–Crippen LogP) is 4.25. The quantitative estimate of drug-likeness (QED) is 0.670. The Labute approximate surface area is 190 Å². The van der Waals surface area contributed by atoms with Crippen molar-refractivity contribution in [2.24, 2.45) is 0 Å². The maximum absolute atomic E-state index is 13.0. The Morgan fingerprint density at radius 3 is 2.28 bits per heavy atom. The van der Waals surface area contributed by atoms with Gasteiger partial charge in [0, 0.05) is 45.1 Å². The Hall–Kier alpha value is -3.09. The highest BCUT2D eigenvalue weighted by atomic mass is 16.6. The Balaban J connectivity index is 1.57. The van der Waals surface area contributed by atoms with Gasteiger partial charge in [-0.2, -0.15) is 0 Å². The van der Waals surface area contributed by atoms with Gasteiger partial charge >= 0.3 is 5.97 Å². The van der Waals surface area contributed by atoms with Gasteiger partial charge in [-0.15, -0.1) is 0 Å². The van der Waals surface area contributed by atoms with Crippen molar-refractivity contribution in [3.05, 3.63) is 47.7 Å². The van der Waals surface area contributed by atoms with Gasteiger partial charge in [0.15, 0.2) is 5.82 Å². The van der Waals surface area contributed by atoms with Crippen LogP contribution >= 0.6 is 0 Å². The number of fused-ring (bicyclic) bond motifs is 1. The number of nitrogens with zero attached hydrogens (tertiary/aromatic N) is 4. The van der Waals surface area contributed by atoms with Crippen molar-refractivity contribution in [1.82, 2.24) is 9.88 Å². The molecule has 1 fully saturated rings. The lowest BCUT2D eigenvalue weighted by atomic mass is 10.1. The minimum atomic E-state index is -0.528. The van der Waals surface area contributed by atoms with E-state index in [-0.39, 0.29) is 11.9 Å². The molecule has 1 aromatic carbocycles. The number of aromatic nitrogens is 1. The summed E-state index contributed by atoms with van der Waals surface area (Å²) in [5, 5.41) is 0. The molecule has 0 atom stereocenters. The van der Waals surface area contributed by atoms with Gasteiger partial charge in [-0.3, -0.25) is 4.79 Å².